The lowest BCUT2D eigenvalue weighted by Crippen LogP contribution is -2.46. The van der Waals surface area contributed by atoms with Gasteiger partial charge in [-0.2, -0.15) is 0 Å². The van der Waals surface area contributed by atoms with Crippen molar-refractivity contribution in [3.05, 3.63) is 22.3 Å². The summed E-state index contributed by atoms with van der Waals surface area (Å²) < 4.78 is 11.0. The zero-order chi connectivity index (χ0) is 21.9. The molecule has 2 atom stereocenters. The molecule has 29 heavy (non-hydrogen) atoms. The van der Waals surface area contributed by atoms with Crippen LogP contribution in [0.3, 0.4) is 0 Å². The third-order valence-electron chi connectivity index (χ3n) is 5.36. The molecule has 2 rings (SSSR count). The molecule has 0 radical (unpaired) electrons. The number of Topliss-reactive ketones (excluding diaryl/α,β-unsaturated/α-hetero) is 1. The van der Waals surface area contributed by atoms with Crippen LogP contribution in [0.5, 0.6) is 11.5 Å². The van der Waals surface area contributed by atoms with Crippen LogP contribution in [0.15, 0.2) is 4.99 Å². The van der Waals surface area contributed by atoms with Crippen molar-refractivity contribution < 1.29 is 29.3 Å². The summed E-state index contributed by atoms with van der Waals surface area (Å²) in [6, 6.07) is 0. The molecule has 160 valence electrons. The van der Waals surface area contributed by atoms with Crippen LogP contribution in [0.2, 0.25) is 0 Å². The molecule has 0 spiro atoms. The molecule has 1 aromatic carbocycles. The maximum atomic E-state index is 12.8. The molecule has 1 heterocycles. The number of aliphatic hydroxyl groups excluding tert-OH is 1. The number of esters is 1. The minimum atomic E-state index is -1.17. The lowest BCUT2D eigenvalue weighted by Gasteiger charge is -2.37. The number of fused-ring (bicyclic) bond motifs is 1. The van der Waals surface area contributed by atoms with E-state index in [1.165, 1.54) is 0 Å². The third kappa shape index (κ3) is 4.97. The van der Waals surface area contributed by atoms with Crippen LogP contribution in [-0.2, 0) is 20.7 Å². The Hall–Kier alpha value is -2.81. The highest BCUT2D eigenvalue weighted by molar-refractivity contribution is 5.88. The van der Waals surface area contributed by atoms with Crippen LogP contribution < -0.4 is 16.2 Å². The van der Waals surface area contributed by atoms with Gasteiger partial charge in [0.2, 0.25) is 0 Å². The fourth-order valence-electron chi connectivity index (χ4n) is 3.32. The first-order valence-electron chi connectivity index (χ1n) is 9.39. The topological polar surface area (TPSA) is 157 Å². The largest absolute Gasteiger partial charge is 0.507 e. The van der Waals surface area contributed by atoms with E-state index in [4.69, 9.17) is 20.9 Å². The predicted octanol–water partition coefficient (Wildman–Crippen LogP) is 0.538. The number of nitrogens with zero attached hydrogens (tertiary/aromatic N) is 1. The molecule has 0 bridgehead atoms. The summed E-state index contributed by atoms with van der Waals surface area (Å²) in [6.45, 7) is 6.46. The second kappa shape index (κ2) is 8.69. The predicted molar refractivity (Wildman–Crippen MR) is 107 cm³/mol. The van der Waals surface area contributed by atoms with Crippen molar-refractivity contribution in [3.8, 4) is 11.5 Å². The Morgan fingerprint density at radius 2 is 1.90 bits per heavy atom. The first kappa shape index (κ1) is 22.5. The molecule has 1 aliphatic rings. The van der Waals surface area contributed by atoms with Crippen LogP contribution in [0.25, 0.3) is 0 Å². The van der Waals surface area contributed by atoms with Crippen molar-refractivity contribution in [2.75, 3.05) is 13.2 Å². The minimum Gasteiger partial charge on any atom is -0.507 e. The monoisotopic (exact) mass is 407 g/mol. The van der Waals surface area contributed by atoms with Gasteiger partial charge in [0, 0.05) is 12.0 Å². The van der Waals surface area contributed by atoms with E-state index in [-0.39, 0.29) is 37.1 Å². The molecule has 0 saturated carbocycles. The van der Waals surface area contributed by atoms with E-state index in [0.29, 0.717) is 24.2 Å². The second-order valence-electron chi connectivity index (χ2n) is 7.57. The summed E-state index contributed by atoms with van der Waals surface area (Å²) in [6.07, 6.45) is -0.409. The number of phenolic OH excluding ortho intramolecular Hbond substituents is 1. The lowest BCUT2D eigenvalue weighted by atomic mass is 9.84. The lowest BCUT2D eigenvalue weighted by molar-refractivity contribution is -0.147. The molecule has 0 aliphatic carbocycles. The molecular formula is C20H29N3O6. The van der Waals surface area contributed by atoms with E-state index in [0.717, 1.165) is 16.7 Å². The SMILES string of the molecule is Cc1c(C)c2c(c(C)c1O)CCC(C)(C(=O)CC(O)COC(=O)CN=C(N)N)O2. The van der Waals surface area contributed by atoms with E-state index < -0.39 is 17.7 Å². The summed E-state index contributed by atoms with van der Waals surface area (Å²) in [7, 11) is 0. The maximum absolute atomic E-state index is 12.8. The van der Waals surface area contributed by atoms with Gasteiger partial charge in [-0.3, -0.25) is 9.59 Å². The Morgan fingerprint density at radius 1 is 1.24 bits per heavy atom. The fourth-order valence-corrected chi connectivity index (χ4v) is 3.32. The van der Waals surface area contributed by atoms with Crippen molar-refractivity contribution in [2.45, 2.75) is 58.7 Å². The third-order valence-corrected chi connectivity index (χ3v) is 5.36. The molecule has 2 unspecified atom stereocenters. The first-order valence-corrected chi connectivity index (χ1v) is 9.39. The second-order valence-corrected chi connectivity index (χ2v) is 7.57. The quantitative estimate of drug-likeness (QED) is 0.290. The van der Waals surface area contributed by atoms with Gasteiger partial charge in [0.1, 0.15) is 24.7 Å². The van der Waals surface area contributed by atoms with E-state index in [2.05, 4.69) is 4.99 Å². The molecule has 1 aromatic rings. The van der Waals surface area contributed by atoms with Crippen LogP contribution in [-0.4, -0.2) is 52.8 Å². The highest BCUT2D eigenvalue weighted by atomic mass is 16.5. The van der Waals surface area contributed by atoms with Gasteiger partial charge in [0.05, 0.1) is 6.10 Å². The number of benzene rings is 1. The summed E-state index contributed by atoms with van der Waals surface area (Å²) in [4.78, 5) is 27.8. The van der Waals surface area contributed by atoms with E-state index in [1.807, 2.05) is 13.8 Å². The van der Waals surface area contributed by atoms with Crippen LogP contribution in [0.1, 0.15) is 42.0 Å². The molecule has 0 amide bonds. The maximum Gasteiger partial charge on any atom is 0.327 e. The van der Waals surface area contributed by atoms with E-state index in [1.54, 1.807) is 13.8 Å². The Morgan fingerprint density at radius 3 is 2.52 bits per heavy atom. The van der Waals surface area contributed by atoms with Crippen LogP contribution in [0, 0.1) is 20.8 Å². The minimum absolute atomic E-state index is 0.226. The molecule has 0 saturated heterocycles. The summed E-state index contributed by atoms with van der Waals surface area (Å²) in [5, 5.41) is 20.3. The van der Waals surface area contributed by atoms with Crippen molar-refractivity contribution in [2.24, 2.45) is 16.5 Å². The van der Waals surface area contributed by atoms with Crippen molar-refractivity contribution in [1.82, 2.24) is 0 Å². The molecular weight excluding hydrogens is 378 g/mol. The van der Waals surface area contributed by atoms with Crippen molar-refractivity contribution >= 4 is 17.7 Å². The number of hydrogen-bond donors (Lipinski definition) is 4. The summed E-state index contributed by atoms with van der Waals surface area (Å²) >= 11 is 0. The molecule has 6 N–H and O–H groups in total. The number of rotatable bonds is 7. The average molecular weight is 407 g/mol. The van der Waals surface area contributed by atoms with Crippen molar-refractivity contribution in [1.29, 1.82) is 0 Å². The number of aliphatic imine (C=N–C) groups is 1. The van der Waals surface area contributed by atoms with Crippen LogP contribution >= 0.6 is 0 Å². The van der Waals surface area contributed by atoms with Crippen molar-refractivity contribution in [3.63, 3.8) is 0 Å². The normalized spacial score (nSPS) is 18.9. The number of aromatic hydroxyl groups is 1. The molecule has 9 nitrogen and oxygen atoms in total. The van der Waals surface area contributed by atoms with Gasteiger partial charge in [0.15, 0.2) is 17.3 Å². The van der Waals surface area contributed by atoms with Gasteiger partial charge in [-0.25, -0.2) is 4.99 Å². The molecule has 0 fully saturated rings. The Bertz CT molecular complexity index is 847. The van der Waals surface area contributed by atoms with Gasteiger partial charge in [0.25, 0.3) is 0 Å². The molecule has 0 aromatic heterocycles. The zero-order valence-corrected chi connectivity index (χ0v) is 17.2. The number of carbonyl (C=O) groups is 2. The highest BCUT2D eigenvalue weighted by Gasteiger charge is 2.41. The number of carbonyl (C=O) groups excluding carboxylic acids is 2. The Kier molecular flexibility index (Phi) is 6.73. The standard InChI is InChI=1S/C20H29N3O6/c1-10-11(2)18-14(12(3)17(10)27)5-6-20(4,29-18)15(25)7-13(24)9-28-16(26)8-23-19(21)22/h13,24,27H,5-9H2,1-4H3,(H4,21,22,23). The Labute approximate surface area is 169 Å². The Balaban J connectivity index is 2.03. The average Bonchev–Trinajstić information content (AvgIpc) is 2.67. The highest BCUT2D eigenvalue weighted by Crippen LogP contribution is 2.43. The number of phenols is 1. The van der Waals surface area contributed by atoms with Gasteiger partial charge in [-0.1, -0.05) is 0 Å². The van der Waals surface area contributed by atoms with Gasteiger partial charge < -0.3 is 31.2 Å². The van der Waals surface area contributed by atoms with E-state index >= 15 is 0 Å². The number of ketones is 1. The number of nitrogens with two attached hydrogens (primary N) is 2. The smallest absolute Gasteiger partial charge is 0.327 e. The number of aliphatic hydroxyl groups is 1. The number of ether oxygens (including phenoxy) is 2. The molecule has 9 heteroatoms. The fraction of sp³-hybridized carbons (Fsp3) is 0.550. The summed E-state index contributed by atoms with van der Waals surface area (Å²) in [5.41, 5.74) is 12.3. The first-order chi connectivity index (χ1) is 13.5. The number of hydrogen-bond acceptors (Lipinski definition) is 7. The van der Waals surface area contributed by atoms with Gasteiger partial charge >= 0.3 is 5.97 Å². The number of guanidine groups is 1. The van der Waals surface area contributed by atoms with Gasteiger partial charge in [-0.05, 0) is 57.2 Å². The zero-order valence-electron chi connectivity index (χ0n) is 17.2. The van der Waals surface area contributed by atoms with E-state index in [9.17, 15) is 19.8 Å². The van der Waals surface area contributed by atoms with Gasteiger partial charge in [-0.15, -0.1) is 0 Å². The van der Waals surface area contributed by atoms with Crippen LogP contribution in [0.4, 0.5) is 0 Å². The molecule has 1 aliphatic heterocycles. The summed E-state index contributed by atoms with van der Waals surface area (Å²) in [5.74, 6) is -0.385.